The quantitative estimate of drug-likeness (QED) is 0.443. The average molecular weight is 332 g/mol. The first-order valence-electron chi connectivity index (χ1n) is 5.22. The first-order valence-corrected chi connectivity index (χ1v) is 9.22. The summed E-state index contributed by atoms with van der Waals surface area (Å²) in [5.74, 6) is 0.158. The molecule has 4 nitrogen and oxygen atoms in total. The second kappa shape index (κ2) is 4.35. The van der Waals surface area contributed by atoms with Gasteiger partial charge in [0.25, 0.3) is 10.1 Å². The molecule has 1 aliphatic rings. The number of methoxy groups -OCH3 is 1. The Kier molecular flexibility index (Phi) is 3.02. The lowest BCUT2D eigenvalue weighted by Crippen LogP contribution is -2.02. The molecule has 0 amide bonds. The fourth-order valence-electron chi connectivity index (χ4n) is 2.14. The number of hydrogen-bond acceptors (Lipinski definition) is 6. The lowest BCUT2D eigenvalue weighted by atomic mass is 10.1. The van der Waals surface area contributed by atoms with E-state index in [2.05, 4.69) is 0 Å². The van der Waals surface area contributed by atoms with Gasteiger partial charge >= 0.3 is 0 Å². The molecule has 1 aromatic heterocycles. The summed E-state index contributed by atoms with van der Waals surface area (Å²) in [4.78, 5) is 0.795. The molecular weight excluding hydrogens is 324 g/mol. The fraction of sp³-hybridized carbons (Fsp3) is 0.182. The molecular formula is C11H8O4S4. The average Bonchev–Trinajstić information content (AvgIpc) is 2.86. The zero-order valence-corrected chi connectivity index (χ0v) is 12.9. The summed E-state index contributed by atoms with van der Waals surface area (Å²) in [5.41, 5.74) is 2.86. The molecule has 0 radical (unpaired) electrons. The summed E-state index contributed by atoms with van der Waals surface area (Å²) in [6.45, 7) is 0. The summed E-state index contributed by atoms with van der Waals surface area (Å²) < 4.78 is 37.9. The van der Waals surface area contributed by atoms with E-state index in [1.165, 1.54) is 33.9 Å². The van der Waals surface area contributed by atoms with Crippen LogP contribution < -0.4 is 4.74 Å². The van der Waals surface area contributed by atoms with E-state index in [1.54, 1.807) is 6.07 Å². The van der Waals surface area contributed by atoms with Gasteiger partial charge in [-0.2, -0.15) is 8.42 Å². The van der Waals surface area contributed by atoms with Crippen molar-refractivity contribution < 1.29 is 17.7 Å². The number of fused-ring (bicyclic) bond motifs is 3. The smallest absolute Gasteiger partial charge is 0.298 e. The highest BCUT2D eigenvalue weighted by atomic mass is 32.9. The minimum atomic E-state index is -4.31. The van der Waals surface area contributed by atoms with Crippen LogP contribution >= 0.6 is 32.9 Å². The SMILES string of the molecule is COc1cc2c(cc1S(=O)(=O)O)-c1ssc(=S)c1C2. The Bertz CT molecular complexity index is 829. The Balaban J connectivity index is 2.32. The van der Waals surface area contributed by atoms with Crippen molar-refractivity contribution in [1.29, 1.82) is 0 Å². The van der Waals surface area contributed by atoms with E-state index in [0.29, 0.717) is 6.42 Å². The zero-order valence-electron chi connectivity index (χ0n) is 9.67. The van der Waals surface area contributed by atoms with E-state index in [0.717, 1.165) is 25.4 Å². The van der Waals surface area contributed by atoms with Gasteiger partial charge in [0.2, 0.25) is 0 Å². The molecule has 19 heavy (non-hydrogen) atoms. The molecule has 8 heteroatoms. The maximum atomic E-state index is 11.4. The van der Waals surface area contributed by atoms with E-state index in [-0.39, 0.29) is 10.6 Å². The summed E-state index contributed by atoms with van der Waals surface area (Å²) in [6, 6.07) is 3.12. The molecule has 100 valence electrons. The third-order valence-corrected chi connectivity index (χ3v) is 7.05. The van der Waals surface area contributed by atoms with Gasteiger partial charge in [-0.1, -0.05) is 32.9 Å². The molecule has 1 aliphatic carbocycles. The van der Waals surface area contributed by atoms with Crippen LogP contribution in [0.25, 0.3) is 10.4 Å². The number of rotatable bonds is 2. The summed E-state index contributed by atoms with van der Waals surface area (Å²) >= 11 is 5.26. The second-order valence-electron chi connectivity index (χ2n) is 4.07. The van der Waals surface area contributed by atoms with Crippen LogP contribution in [0.5, 0.6) is 5.75 Å². The van der Waals surface area contributed by atoms with Gasteiger partial charge in [-0.15, -0.1) is 0 Å². The van der Waals surface area contributed by atoms with Crippen molar-refractivity contribution in [3.05, 3.63) is 27.1 Å². The van der Waals surface area contributed by atoms with E-state index in [4.69, 9.17) is 17.0 Å². The molecule has 0 saturated carbocycles. The molecule has 3 rings (SSSR count). The van der Waals surface area contributed by atoms with Gasteiger partial charge in [-0.25, -0.2) is 0 Å². The first-order chi connectivity index (χ1) is 8.91. The lowest BCUT2D eigenvalue weighted by molar-refractivity contribution is 0.397. The van der Waals surface area contributed by atoms with Crippen molar-refractivity contribution in [2.45, 2.75) is 11.3 Å². The van der Waals surface area contributed by atoms with Gasteiger partial charge in [0, 0.05) is 12.0 Å². The standard InChI is InChI=1S/C11H8O4S4/c1-15-8-3-5-2-7-10(17-18-11(7)16)6(5)4-9(8)19(12,13)14/h3-4H,2H2,1H3,(H,12,13,14). The Hall–Kier alpha value is -0.800. The van der Waals surface area contributed by atoms with Crippen molar-refractivity contribution in [1.82, 2.24) is 0 Å². The van der Waals surface area contributed by atoms with Crippen LogP contribution in [-0.4, -0.2) is 20.1 Å². The van der Waals surface area contributed by atoms with Crippen LogP contribution in [-0.2, 0) is 16.5 Å². The van der Waals surface area contributed by atoms with Crippen molar-refractivity contribution in [3.8, 4) is 16.2 Å². The van der Waals surface area contributed by atoms with Gasteiger partial charge < -0.3 is 4.74 Å². The summed E-state index contributed by atoms with van der Waals surface area (Å²) in [7, 11) is 0.112. The molecule has 0 aliphatic heterocycles. The van der Waals surface area contributed by atoms with Crippen molar-refractivity contribution in [2.75, 3.05) is 7.11 Å². The Morgan fingerprint density at radius 2 is 2.11 bits per heavy atom. The number of ether oxygens (including phenoxy) is 1. The largest absolute Gasteiger partial charge is 0.495 e. The van der Waals surface area contributed by atoms with Gasteiger partial charge in [-0.3, -0.25) is 4.55 Å². The predicted molar refractivity (Wildman–Crippen MR) is 77.6 cm³/mol. The van der Waals surface area contributed by atoms with Gasteiger partial charge in [0.05, 0.1) is 12.0 Å². The molecule has 1 heterocycles. The Morgan fingerprint density at radius 1 is 1.37 bits per heavy atom. The predicted octanol–water partition coefficient (Wildman–Crippen LogP) is 3.37. The molecule has 2 aromatic rings. The molecule has 0 fully saturated rings. The second-order valence-corrected chi connectivity index (χ2v) is 8.28. The maximum Gasteiger partial charge on any atom is 0.298 e. The number of hydrogen-bond donors (Lipinski definition) is 1. The van der Waals surface area contributed by atoms with Crippen molar-refractivity contribution in [3.63, 3.8) is 0 Å². The van der Waals surface area contributed by atoms with E-state index >= 15 is 0 Å². The van der Waals surface area contributed by atoms with Crippen molar-refractivity contribution >= 4 is 43.0 Å². The van der Waals surface area contributed by atoms with Crippen LogP contribution in [0, 0.1) is 3.82 Å². The normalized spacial score (nSPS) is 13.2. The highest BCUT2D eigenvalue weighted by molar-refractivity contribution is 7.86. The molecule has 1 N–H and O–H groups in total. The van der Waals surface area contributed by atoms with Gasteiger partial charge in [0.1, 0.15) is 14.5 Å². The van der Waals surface area contributed by atoms with Crippen LogP contribution in [0.1, 0.15) is 11.1 Å². The molecule has 0 bridgehead atoms. The molecule has 0 atom stereocenters. The summed E-state index contributed by atoms with van der Waals surface area (Å²) in [5, 5.41) is 0. The fourth-order valence-corrected chi connectivity index (χ4v) is 5.76. The highest BCUT2D eigenvalue weighted by Gasteiger charge is 2.27. The molecule has 0 unspecified atom stereocenters. The first kappa shape index (κ1) is 13.2. The van der Waals surface area contributed by atoms with Gasteiger partial charge in [0.15, 0.2) is 0 Å². The highest BCUT2D eigenvalue weighted by Crippen LogP contribution is 2.46. The third-order valence-electron chi connectivity index (χ3n) is 3.00. The van der Waals surface area contributed by atoms with Crippen LogP contribution in [0.2, 0.25) is 0 Å². The topological polar surface area (TPSA) is 63.6 Å². The number of benzene rings is 1. The van der Waals surface area contributed by atoms with Gasteiger partial charge in [-0.05, 0) is 23.3 Å². The maximum absolute atomic E-state index is 11.4. The van der Waals surface area contributed by atoms with E-state index < -0.39 is 10.1 Å². The molecule has 1 aromatic carbocycles. The molecule has 0 saturated heterocycles. The van der Waals surface area contributed by atoms with Crippen LogP contribution in [0.15, 0.2) is 17.0 Å². The molecule has 0 spiro atoms. The Labute approximate surface area is 122 Å². The minimum Gasteiger partial charge on any atom is -0.495 e. The summed E-state index contributed by atoms with van der Waals surface area (Å²) in [6.07, 6.45) is 0.686. The van der Waals surface area contributed by atoms with E-state index in [9.17, 15) is 13.0 Å². The lowest BCUT2D eigenvalue weighted by Gasteiger charge is -2.09. The van der Waals surface area contributed by atoms with Crippen LogP contribution in [0.4, 0.5) is 0 Å². The monoisotopic (exact) mass is 332 g/mol. The van der Waals surface area contributed by atoms with E-state index in [1.807, 2.05) is 0 Å². The minimum absolute atomic E-state index is 0.158. The van der Waals surface area contributed by atoms with Crippen molar-refractivity contribution in [2.24, 2.45) is 0 Å². The third kappa shape index (κ3) is 2.03. The Morgan fingerprint density at radius 3 is 2.74 bits per heavy atom. The van der Waals surface area contributed by atoms with Crippen LogP contribution in [0.3, 0.4) is 0 Å². The zero-order chi connectivity index (χ0) is 13.8.